The third kappa shape index (κ3) is 2.64. The summed E-state index contributed by atoms with van der Waals surface area (Å²) in [5.74, 6) is -1.21. The van der Waals surface area contributed by atoms with E-state index in [0.717, 1.165) is 33.2 Å². The van der Waals surface area contributed by atoms with Crippen LogP contribution < -0.4 is 5.43 Å². The van der Waals surface area contributed by atoms with Gasteiger partial charge in [0, 0.05) is 40.4 Å². The van der Waals surface area contributed by atoms with Gasteiger partial charge in [-0.05, 0) is 35.6 Å². The zero-order valence-corrected chi connectivity index (χ0v) is 16.9. The maximum atomic E-state index is 12.6. The van der Waals surface area contributed by atoms with E-state index in [1.165, 1.54) is 12.3 Å². The van der Waals surface area contributed by atoms with E-state index in [-0.39, 0.29) is 17.0 Å². The van der Waals surface area contributed by atoms with E-state index in [1.54, 1.807) is 18.8 Å². The van der Waals surface area contributed by atoms with Crippen LogP contribution in [0.2, 0.25) is 0 Å². The Balaban J connectivity index is 1.88. The minimum Gasteiger partial charge on any atom is -0.477 e. The number of furan rings is 2. The molecule has 1 atom stereocenters. The number of rotatable bonds is 2. The Morgan fingerprint density at radius 2 is 1.97 bits per heavy atom. The number of hydrogen-bond donors (Lipinski definition) is 1. The van der Waals surface area contributed by atoms with Crippen LogP contribution in [0.3, 0.4) is 0 Å². The maximum Gasteiger partial charge on any atom is 0.341 e. The summed E-state index contributed by atoms with van der Waals surface area (Å²) in [4.78, 5) is 24.2. The van der Waals surface area contributed by atoms with E-state index in [2.05, 4.69) is 20.8 Å². The van der Waals surface area contributed by atoms with Crippen molar-refractivity contribution in [1.82, 2.24) is 4.57 Å². The molecule has 0 saturated carbocycles. The van der Waals surface area contributed by atoms with E-state index in [0.29, 0.717) is 12.1 Å². The highest BCUT2D eigenvalue weighted by Crippen LogP contribution is 2.47. The first-order valence-electron chi connectivity index (χ1n) is 9.81. The Morgan fingerprint density at radius 3 is 2.63 bits per heavy atom. The maximum absolute atomic E-state index is 12.6. The number of carboxylic acids is 1. The molecule has 0 aliphatic carbocycles. The topological polar surface area (TPSA) is 85.6 Å². The van der Waals surface area contributed by atoms with E-state index >= 15 is 0 Å². The number of aromatic carboxylic acids is 1. The van der Waals surface area contributed by atoms with E-state index in [4.69, 9.17) is 8.83 Å². The number of aromatic nitrogens is 1. The van der Waals surface area contributed by atoms with Crippen molar-refractivity contribution < 1.29 is 18.7 Å². The molecule has 0 amide bonds. The molecule has 0 bridgehead atoms. The lowest BCUT2D eigenvalue weighted by molar-refractivity contribution is 0.0693. The Kier molecular flexibility index (Phi) is 3.84. The molecule has 4 aromatic rings. The van der Waals surface area contributed by atoms with Gasteiger partial charge in [-0.15, -0.1) is 0 Å². The highest BCUT2D eigenvalue weighted by atomic mass is 16.4. The van der Waals surface area contributed by atoms with Crippen molar-refractivity contribution in [2.24, 2.45) is 5.41 Å². The van der Waals surface area contributed by atoms with Gasteiger partial charge in [0.2, 0.25) is 0 Å². The second kappa shape index (κ2) is 6.23. The van der Waals surface area contributed by atoms with Gasteiger partial charge in [-0.3, -0.25) is 4.79 Å². The van der Waals surface area contributed by atoms with Gasteiger partial charge >= 0.3 is 5.97 Å². The summed E-state index contributed by atoms with van der Waals surface area (Å²) in [6.07, 6.45) is 7.13. The molecule has 0 radical (unpaired) electrons. The van der Waals surface area contributed by atoms with Gasteiger partial charge in [0.25, 0.3) is 0 Å². The minimum atomic E-state index is -1.21. The quantitative estimate of drug-likeness (QED) is 0.487. The lowest BCUT2D eigenvalue weighted by Crippen LogP contribution is -2.32. The summed E-state index contributed by atoms with van der Waals surface area (Å²) in [6.45, 7) is 6.35. The molecule has 0 saturated heterocycles. The summed E-state index contributed by atoms with van der Waals surface area (Å²) in [5.41, 5.74) is 4.38. The van der Waals surface area contributed by atoms with Gasteiger partial charge in [0.1, 0.15) is 11.1 Å². The van der Waals surface area contributed by atoms with Crippen LogP contribution in [0.15, 0.2) is 62.9 Å². The van der Waals surface area contributed by atoms with Crippen LogP contribution in [0, 0.1) is 5.41 Å². The number of pyridine rings is 1. The molecule has 6 heteroatoms. The first kappa shape index (κ1) is 18.5. The average molecular weight is 403 g/mol. The van der Waals surface area contributed by atoms with Crippen LogP contribution in [-0.4, -0.2) is 15.6 Å². The van der Waals surface area contributed by atoms with Crippen LogP contribution in [0.4, 0.5) is 0 Å². The van der Waals surface area contributed by atoms with E-state index < -0.39 is 11.4 Å². The predicted molar refractivity (Wildman–Crippen MR) is 113 cm³/mol. The zero-order chi connectivity index (χ0) is 21.2. The molecule has 0 unspecified atom stereocenters. The molecule has 152 valence electrons. The van der Waals surface area contributed by atoms with Gasteiger partial charge < -0.3 is 18.5 Å². The summed E-state index contributed by atoms with van der Waals surface area (Å²) in [5, 5.41) is 10.5. The molecule has 5 rings (SSSR count). The van der Waals surface area contributed by atoms with Crippen LogP contribution in [0.1, 0.15) is 42.7 Å². The second-order valence-electron chi connectivity index (χ2n) is 8.86. The Hall–Kier alpha value is -3.54. The van der Waals surface area contributed by atoms with E-state index in [1.807, 2.05) is 22.8 Å². The van der Waals surface area contributed by atoms with Gasteiger partial charge in [0.15, 0.2) is 5.43 Å². The van der Waals surface area contributed by atoms with Crippen LogP contribution in [0.25, 0.3) is 33.4 Å². The average Bonchev–Trinajstić information content (AvgIpc) is 3.37. The minimum absolute atomic E-state index is 0.0354. The number of carboxylic acid groups (broad SMARTS) is 1. The SMILES string of the molecule is CC(C)(C)[C@@H]1Cc2c(cc(-c3ccoc3)c3ccoc23)-c2cc(=O)c(C(=O)O)cn21. The molecule has 1 aliphatic rings. The summed E-state index contributed by atoms with van der Waals surface area (Å²) in [6, 6.07) is 7.28. The molecule has 3 aromatic heterocycles. The summed E-state index contributed by atoms with van der Waals surface area (Å²) >= 11 is 0. The number of carbonyl (C=O) groups is 1. The number of benzene rings is 1. The molecule has 4 heterocycles. The van der Waals surface area contributed by atoms with Crippen molar-refractivity contribution in [3.05, 3.63) is 70.6 Å². The fourth-order valence-electron chi connectivity index (χ4n) is 4.47. The molecule has 6 nitrogen and oxygen atoms in total. The third-order valence-corrected chi connectivity index (χ3v) is 5.99. The smallest absolute Gasteiger partial charge is 0.341 e. The largest absolute Gasteiger partial charge is 0.477 e. The van der Waals surface area contributed by atoms with Crippen molar-refractivity contribution in [2.45, 2.75) is 33.2 Å². The normalized spacial score (nSPS) is 15.8. The Bertz CT molecular complexity index is 1350. The summed E-state index contributed by atoms with van der Waals surface area (Å²) in [7, 11) is 0. The van der Waals surface area contributed by atoms with Gasteiger partial charge in [-0.2, -0.15) is 0 Å². The molecular formula is C24H21NO5. The Labute approximate surface area is 172 Å². The van der Waals surface area contributed by atoms with Crippen molar-refractivity contribution in [1.29, 1.82) is 0 Å². The molecule has 1 N–H and O–H groups in total. The van der Waals surface area contributed by atoms with Crippen LogP contribution in [-0.2, 0) is 6.42 Å². The first-order chi connectivity index (χ1) is 14.3. The standard InChI is InChI=1S/C24H21NO5/c1-24(2,3)21-9-17-16(19-10-20(26)18(23(27)28)11-25(19)21)8-15(13-4-6-29-12-13)14-5-7-30-22(14)17/h4-8,10-12,21H,9H2,1-3H3,(H,27,28)/t21-/m0/s1. The lowest BCUT2D eigenvalue weighted by Gasteiger charge is -2.39. The monoisotopic (exact) mass is 403 g/mol. The summed E-state index contributed by atoms with van der Waals surface area (Å²) < 4.78 is 13.1. The molecule has 1 aromatic carbocycles. The van der Waals surface area contributed by atoms with Crippen molar-refractivity contribution >= 4 is 16.9 Å². The van der Waals surface area contributed by atoms with Crippen molar-refractivity contribution in [2.75, 3.05) is 0 Å². The van der Waals surface area contributed by atoms with Crippen LogP contribution in [0.5, 0.6) is 0 Å². The van der Waals surface area contributed by atoms with Gasteiger partial charge in [0.05, 0.1) is 24.5 Å². The zero-order valence-electron chi connectivity index (χ0n) is 16.9. The molecule has 0 fully saturated rings. The van der Waals surface area contributed by atoms with Crippen LogP contribution >= 0.6 is 0 Å². The van der Waals surface area contributed by atoms with Crippen molar-refractivity contribution in [3.63, 3.8) is 0 Å². The number of hydrogen-bond acceptors (Lipinski definition) is 4. The highest BCUT2D eigenvalue weighted by molar-refractivity contribution is 6.00. The molecular weight excluding hydrogens is 382 g/mol. The lowest BCUT2D eigenvalue weighted by atomic mass is 9.78. The predicted octanol–water partition coefficient (Wildman–Crippen LogP) is 5.36. The van der Waals surface area contributed by atoms with Crippen molar-refractivity contribution in [3.8, 4) is 22.4 Å². The fraction of sp³-hybridized carbons (Fsp3) is 0.250. The van der Waals surface area contributed by atoms with Gasteiger partial charge in [-0.1, -0.05) is 20.8 Å². The number of nitrogens with zero attached hydrogens (tertiary/aromatic N) is 1. The highest BCUT2D eigenvalue weighted by Gasteiger charge is 2.35. The van der Waals surface area contributed by atoms with Gasteiger partial charge in [-0.25, -0.2) is 4.79 Å². The second-order valence-corrected chi connectivity index (χ2v) is 8.86. The molecule has 1 aliphatic heterocycles. The Morgan fingerprint density at radius 1 is 1.17 bits per heavy atom. The molecule has 0 spiro atoms. The number of fused-ring (bicyclic) bond motifs is 5. The third-order valence-electron chi connectivity index (χ3n) is 5.99. The molecule has 30 heavy (non-hydrogen) atoms. The van der Waals surface area contributed by atoms with E-state index in [9.17, 15) is 14.7 Å². The first-order valence-corrected chi connectivity index (χ1v) is 9.81. The fourth-order valence-corrected chi connectivity index (χ4v) is 4.47.